The van der Waals surface area contributed by atoms with E-state index >= 15 is 0 Å². The highest BCUT2D eigenvalue weighted by atomic mass is 35.5. The molecular formula is C16H14Cl2O3. The van der Waals surface area contributed by atoms with Crippen LogP contribution in [0.1, 0.15) is 22.8 Å². The lowest BCUT2D eigenvalue weighted by Crippen LogP contribution is -2.00. The van der Waals surface area contributed by atoms with E-state index in [0.29, 0.717) is 40.3 Å². The molecule has 0 fully saturated rings. The first-order valence-corrected chi connectivity index (χ1v) is 7.18. The second-order valence-electron chi connectivity index (χ2n) is 4.29. The van der Waals surface area contributed by atoms with Crippen molar-refractivity contribution in [2.45, 2.75) is 13.5 Å². The van der Waals surface area contributed by atoms with Crippen LogP contribution < -0.4 is 9.47 Å². The summed E-state index contributed by atoms with van der Waals surface area (Å²) >= 11 is 11.8. The fraction of sp³-hybridized carbons (Fsp3) is 0.188. The van der Waals surface area contributed by atoms with Crippen LogP contribution in [0.3, 0.4) is 0 Å². The van der Waals surface area contributed by atoms with Crippen LogP contribution in [0, 0.1) is 0 Å². The van der Waals surface area contributed by atoms with Crippen LogP contribution in [-0.2, 0) is 6.61 Å². The Bertz CT molecular complexity index is 641. The third-order valence-electron chi connectivity index (χ3n) is 2.78. The fourth-order valence-corrected chi connectivity index (χ4v) is 2.10. The SMILES string of the molecule is CCOc1cc(C=O)ccc1OCc1ccc(Cl)c(Cl)c1. The van der Waals surface area contributed by atoms with Gasteiger partial charge in [0.15, 0.2) is 11.5 Å². The summed E-state index contributed by atoms with van der Waals surface area (Å²) in [7, 11) is 0. The van der Waals surface area contributed by atoms with Gasteiger partial charge in [0.25, 0.3) is 0 Å². The summed E-state index contributed by atoms with van der Waals surface area (Å²) in [5.74, 6) is 1.12. The van der Waals surface area contributed by atoms with E-state index < -0.39 is 0 Å². The predicted molar refractivity (Wildman–Crippen MR) is 83.8 cm³/mol. The molecule has 5 heteroatoms. The molecule has 2 aromatic rings. The number of hydrogen-bond acceptors (Lipinski definition) is 3. The average Bonchev–Trinajstić information content (AvgIpc) is 2.49. The molecule has 2 rings (SSSR count). The molecule has 0 heterocycles. The molecule has 0 radical (unpaired) electrons. The van der Waals surface area contributed by atoms with E-state index in [4.69, 9.17) is 32.7 Å². The maximum atomic E-state index is 10.8. The summed E-state index contributed by atoms with van der Waals surface area (Å²) in [5.41, 5.74) is 1.44. The van der Waals surface area contributed by atoms with Gasteiger partial charge in [0.2, 0.25) is 0 Å². The van der Waals surface area contributed by atoms with Crippen LogP contribution in [0.5, 0.6) is 11.5 Å². The van der Waals surface area contributed by atoms with Crippen molar-refractivity contribution in [1.29, 1.82) is 0 Å². The molecule has 0 aliphatic carbocycles. The number of carbonyl (C=O) groups excluding carboxylic acids is 1. The van der Waals surface area contributed by atoms with Gasteiger partial charge in [-0.25, -0.2) is 0 Å². The first-order chi connectivity index (χ1) is 10.1. The number of carbonyl (C=O) groups is 1. The Morgan fingerprint density at radius 1 is 1.00 bits per heavy atom. The lowest BCUT2D eigenvalue weighted by molar-refractivity contribution is 0.112. The molecule has 0 aliphatic rings. The number of rotatable bonds is 6. The molecular weight excluding hydrogens is 311 g/mol. The average molecular weight is 325 g/mol. The van der Waals surface area contributed by atoms with Crippen molar-refractivity contribution in [3.8, 4) is 11.5 Å². The van der Waals surface area contributed by atoms with Gasteiger partial charge in [-0.1, -0.05) is 29.3 Å². The Morgan fingerprint density at radius 2 is 1.81 bits per heavy atom. The maximum absolute atomic E-state index is 10.8. The summed E-state index contributed by atoms with van der Waals surface area (Å²) in [6.45, 7) is 2.69. The molecule has 0 aromatic heterocycles. The Kier molecular flexibility index (Phi) is 5.48. The standard InChI is InChI=1S/C16H14Cl2O3/c1-2-20-16-8-11(9-19)4-6-15(16)21-10-12-3-5-13(17)14(18)7-12/h3-9H,2,10H2,1H3. The molecule has 0 bridgehead atoms. The lowest BCUT2D eigenvalue weighted by atomic mass is 10.2. The van der Waals surface area contributed by atoms with Crippen LogP contribution in [0.25, 0.3) is 0 Å². The summed E-state index contributed by atoms with van der Waals surface area (Å²) in [4.78, 5) is 10.8. The molecule has 0 aliphatic heterocycles. The van der Waals surface area contributed by atoms with Gasteiger partial charge in [0.1, 0.15) is 12.9 Å². The van der Waals surface area contributed by atoms with Crippen molar-refractivity contribution in [3.63, 3.8) is 0 Å². The molecule has 0 saturated heterocycles. The second-order valence-corrected chi connectivity index (χ2v) is 5.11. The van der Waals surface area contributed by atoms with Crippen LogP contribution in [-0.4, -0.2) is 12.9 Å². The molecule has 0 amide bonds. The van der Waals surface area contributed by atoms with E-state index in [1.54, 1.807) is 30.3 Å². The highest BCUT2D eigenvalue weighted by Gasteiger charge is 2.07. The molecule has 3 nitrogen and oxygen atoms in total. The van der Waals surface area contributed by atoms with Crippen molar-refractivity contribution in [3.05, 3.63) is 57.6 Å². The highest BCUT2D eigenvalue weighted by Crippen LogP contribution is 2.29. The third-order valence-corrected chi connectivity index (χ3v) is 3.52. The zero-order valence-electron chi connectivity index (χ0n) is 11.4. The molecule has 2 aromatic carbocycles. The molecule has 0 saturated carbocycles. The highest BCUT2D eigenvalue weighted by molar-refractivity contribution is 6.42. The zero-order chi connectivity index (χ0) is 15.2. The van der Waals surface area contributed by atoms with Gasteiger partial charge < -0.3 is 9.47 Å². The maximum Gasteiger partial charge on any atom is 0.161 e. The third kappa shape index (κ3) is 4.13. The molecule has 21 heavy (non-hydrogen) atoms. The quantitative estimate of drug-likeness (QED) is 0.717. The normalized spacial score (nSPS) is 10.2. The van der Waals surface area contributed by atoms with Crippen molar-refractivity contribution in [2.75, 3.05) is 6.61 Å². The number of ether oxygens (including phenoxy) is 2. The molecule has 0 spiro atoms. The van der Waals surface area contributed by atoms with Gasteiger partial charge in [-0.3, -0.25) is 4.79 Å². The summed E-state index contributed by atoms with van der Waals surface area (Å²) in [6, 6.07) is 10.4. The summed E-state index contributed by atoms with van der Waals surface area (Å²) in [6.07, 6.45) is 0.769. The molecule has 0 N–H and O–H groups in total. The first-order valence-electron chi connectivity index (χ1n) is 6.42. The Hall–Kier alpha value is -1.71. The Balaban J connectivity index is 2.14. The summed E-state index contributed by atoms with van der Waals surface area (Å²) < 4.78 is 11.2. The molecule has 0 atom stereocenters. The lowest BCUT2D eigenvalue weighted by Gasteiger charge is -2.12. The minimum atomic E-state index is 0.331. The zero-order valence-corrected chi connectivity index (χ0v) is 12.9. The van der Waals surface area contributed by atoms with Gasteiger partial charge >= 0.3 is 0 Å². The monoisotopic (exact) mass is 324 g/mol. The van der Waals surface area contributed by atoms with E-state index in [9.17, 15) is 4.79 Å². The second kappa shape index (κ2) is 7.34. The topological polar surface area (TPSA) is 35.5 Å². The van der Waals surface area contributed by atoms with Crippen molar-refractivity contribution in [1.82, 2.24) is 0 Å². The van der Waals surface area contributed by atoms with E-state index in [2.05, 4.69) is 0 Å². The summed E-state index contributed by atoms with van der Waals surface area (Å²) in [5, 5.41) is 0.991. The fourth-order valence-electron chi connectivity index (χ4n) is 1.78. The van der Waals surface area contributed by atoms with Crippen LogP contribution >= 0.6 is 23.2 Å². The number of halogens is 2. The van der Waals surface area contributed by atoms with Gasteiger partial charge in [-0.2, -0.15) is 0 Å². The van der Waals surface area contributed by atoms with Crippen LogP contribution in [0.15, 0.2) is 36.4 Å². The Morgan fingerprint density at radius 3 is 2.48 bits per heavy atom. The number of aldehydes is 1. The van der Waals surface area contributed by atoms with Gasteiger partial charge in [0, 0.05) is 5.56 Å². The molecule has 110 valence electrons. The molecule has 0 unspecified atom stereocenters. The van der Waals surface area contributed by atoms with Crippen molar-refractivity contribution in [2.24, 2.45) is 0 Å². The Labute approximate surface area is 133 Å². The van der Waals surface area contributed by atoms with Crippen molar-refractivity contribution >= 4 is 29.5 Å². The van der Waals surface area contributed by atoms with Crippen LogP contribution in [0.4, 0.5) is 0 Å². The number of hydrogen-bond donors (Lipinski definition) is 0. The van der Waals surface area contributed by atoms with E-state index in [0.717, 1.165) is 11.8 Å². The minimum Gasteiger partial charge on any atom is -0.490 e. The van der Waals surface area contributed by atoms with Crippen molar-refractivity contribution < 1.29 is 14.3 Å². The first kappa shape index (κ1) is 15.7. The van der Waals surface area contributed by atoms with Crippen LogP contribution in [0.2, 0.25) is 10.0 Å². The van der Waals surface area contributed by atoms with E-state index in [1.165, 1.54) is 0 Å². The van der Waals surface area contributed by atoms with E-state index in [1.807, 2.05) is 13.0 Å². The minimum absolute atomic E-state index is 0.331. The van der Waals surface area contributed by atoms with Gasteiger partial charge in [0.05, 0.1) is 16.7 Å². The van der Waals surface area contributed by atoms with Gasteiger partial charge in [-0.05, 0) is 42.8 Å². The van der Waals surface area contributed by atoms with Gasteiger partial charge in [-0.15, -0.1) is 0 Å². The smallest absolute Gasteiger partial charge is 0.161 e. The number of benzene rings is 2. The predicted octanol–water partition coefficient (Wildman–Crippen LogP) is 4.78. The largest absolute Gasteiger partial charge is 0.490 e. The van der Waals surface area contributed by atoms with E-state index in [-0.39, 0.29) is 0 Å².